The molecule has 19 heavy (non-hydrogen) atoms. The lowest BCUT2D eigenvalue weighted by molar-refractivity contribution is 0.0697. The third-order valence-electron chi connectivity index (χ3n) is 2.78. The average Bonchev–Trinajstić information content (AvgIpc) is 2.36. The topological polar surface area (TPSA) is 63.3 Å². The minimum atomic E-state index is -0.974. The first-order valence-corrected chi connectivity index (χ1v) is 6.86. The van der Waals surface area contributed by atoms with Gasteiger partial charge in [0.15, 0.2) is 0 Å². The number of nitrogens with two attached hydrogens (primary N) is 1. The largest absolute Gasteiger partial charge is 0.478 e. The second-order valence-corrected chi connectivity index (χ2v) is 5.34. The van der Waals surface area contributed by atoms with Gasteiger partial charge in [0.1, 0.15) is 0 Å². The zero-order chi connectivity index (χ0) is 13.8. The molecular weight excluding hydrogens is 258 g/mol. The quantitative estimate of drug-likeness (QED) is 0.660. The summed E-state index contributed by atoms with van der Waals surface area (Å²) in [6, 6.07) is 13.3. The highest BCUT2D eigenvalue weighted by molar-refractivity contribution is 7.98. The summed E-state index contributed by atoms with van der Waals surface area (Å²) in [5, 5.41) is 9.20. The second kappa shape index (κ2) is 5.80. The van der Waals surface area contributed by atoms with Crippen LogP contribution in [-0.2, 0) is 5.75 Å². The molecule has 0 atom stereocenters. The first-order chi connectivity index (χ1) is 9.08. The van der Waals surface area contributed by atoms with Gasteiger partial charge in [0.2, 0.25) is 0 Å². The third-order valence-corrected chi connectivity index (χ3v) is 3.82. The van der Waals surface area contributed by atoms with Crippen LogP contribution >= 0.6 is 11.8 Å². The van der Waals surface area contributed by atoms with Crippen molar-refractivity contribution < 1.29 is 9.90 Å². The first-order valence-electron chi connectivity index (χ1n) is 5.88. The molecule has 0 radical (unpaired) electrons. The number of carboxylic acid groups (broad SMARTS) is 1. The first kappa shape index (κ1) is 13.5. The monoisotopic (exact) mass is 273 g/mol. The summed E-state index contributed by atoms with van der Waals surface area (Å²) in [7, 11) is 0. The second-order valence-electron chi connectivity index (χ2n) is 4.29. The average molecular weight is 273 g/mol. The van der Waals surface area contributed by atoms with Gasteiger partial charge in [-0.25, -0.2) is 4.79 Å². The van der Waals surface area contributed by atoms with Gasteiger partial charge in [-0.15, -0.1) is 11.8 Å². The number of hydrogen-bond donors (Lipinski definition) is 2. The van der Waals surface area contributed by atoms with Gasteiger partial charge in [-0.05, 0) is 30.7 Å². The standard InChI is InChI=1S/C15H15NO2S/c1-10-4-2-6-12(8-10)19-9-11-5-3-7-13(16)14(11)15(17)18/h2-8H,9,16H2,1H3,(H,17,18). The number of anilines is 1. The van der Waals surface area contributed by atoms with Gasteiger partial charge in [-0.3, -0.25) is 0 Å². The van der Waals surface area contributed by atoms with Gasteiger partial charge in [0.05, 0.1) is 5.56 Å². The molecule has 0 unspecified atom stereocenters. The van der Waals surface area contributed by atoms with E-state index in [-0.39, 0.29) is 5.56 Å². The molecule has 0 aliphatic carbocycles. The molecule has 2 rings (SSSR count). The predicted molar refractivity (Wildman–Crippen MR) is 78.6 cm³/mol. The molecular formula is C15H15NO2S. The Morgan fingerprint density at radius 3 is 2.68 bits per heavy atom. The Bertz CT molecular complexity index is 611. The van der Waals surface area contributed by atoms with Crippen molar-refractivity contribution in [3.8, 4) is 0 Å². The van der Waals surface area contributed by atoms with Crippen molar-refractivity contribution in [1.29, 1.82) is 0 Å². The lowest BCUT2D eigenvalue weighted by Crippen LogP contribution is -2.06. The molecule has 0 aromatic heterocycles. The van der Waals surface area contributed by atoms with E-state index in [9.17, 15) is 9.90 Å². The van der Waals surface area contributed by atoms with E-state index in [0.29, 0.717) is 11.4 Å². The molecule has 3 nitrogen and oxygen atoms in total. The number of carboxylic acids is 1. The number of hydrogen-bond acceptors (Lipinski definition) is 3. The third kappa shape index (κ3) is 3.29. The molecule has 0 aliphatic heterocycles. The Hall–Kier alpha value is -1.94. The van der Waals surface area contributed by atoms with Crippen molar-refractivity contribution in [3.63, 3.8) is 0 Å². The molecule has 0 heterocycles. The van der Waals surface area contributed by atoms with Crippen molar-refractivity contribution in [2.75, 3.05) is 5.73 Å². The minimum Gasteiger partial charge on any atom is -0.478 e. The molecule has 2 aromatic rings. The van der Waals surface area contributed by atoms with Crippen LogP contribution < -0.4 is 5.73 Å². The smallest absolute Gasteiger partial charge is 0.338 e. The number of thioether (sulfide) groups is 1. The predicted octanol–water partition coefficient (Wildman–Crippen LogP) is 3.57. The molecule has 0 bridgehead atoms. The van der Waals surface area contributed by atoms with E-state index < -0.39 is 5.97 Å². The maximum Gasteiger partial charge on any atom is 0.338 e. The molecule has 0 saturated carbocycles. The summed E-state index contributed by atoms with van der Waals surface area (Å²) in [5.74, 6) is -0.381. The van der Waals surface area contributed by atoms with Crippen LogP contribution in [-0.4, -0.2) is 11.1 Å². The van der Waals surface area contributed by atoms with Crippen LogP contribution in [0.1, 0.15) is 21.5 Å². The highest BCUT2D eigenvalue weighted by atomic mass is 32.2. The lowest BCUT2D eigenvalue weighted by atomic mass is 10.1. The van der Waals surface area contributed by atoms with E-state index in [4.69, 9.17) is 5.73 Å². The minimum absolute atomic E-state index is 0.211. The van der Waals surface area contributed by atoms with Crippen LogP contribution in [0.3, 0.4) is 0 Å². The van der Waals surface area contributed by atoms with Crippen molar-refractivity contribution in [1.82, 2.24) is 0 Å². The Morgan fingerprint density at radius 1 is 1.26 bits per heavy atom. The van der Waals surface area contributed by atoms with Crippen LogP contribution in [0.5, 0.6) is 0 Å². The molecule has 0 amide bonds. The Morgan fingerprint density at radius 2 is 2.00 bits per heavy atom. The molecule has 0 saturated heterocycles. The number of benzene rings is 2. The van der Waals surface area contributed by atoms with Gasteiger partial charge in [0.25, 0.3) is 0 Å². The van der Waals surface area contributed by atoms with Crippen LogP contribution in [0, 0.1) is 6.92 Å². The van der Waals surface area contributed by atoms with Gasteiger partial charge in [-0.2, -0.15) is 0 Å². The molecule has 0 aliphatic rings. The van der Waals surface area contributed by atoms with E-state index in [0.717, 1.165) is 10.5 Å². The summed E-state index contributed by atoms with van der Waals surface area (Å²) in [4.78, 5) is 12.3. The van der Waals surface area contributed by atoms with E-state index in [1.54, 1.807) is 23.9 Å². The SMILES string of the molecule is Cc1cccc(SCc2cccc(N)c2C(=O)O)c1. The number of rotatable bonds is 4. The summed E-state index contributed by atoms with van der Waals surface area (Å²) in [5.41, 5.74) is 8.19. The molecule has 98 valence electrons. The highest BCUT2D eigenvalue weighted by Gasteiger charge is 2.13. The van der Waals surface area contributed by atoms with Gasteiger partial charge in [-0.1, -0.05) is 29.8 Å². The fraction of sp³-hybridized carbons (Fsp3) is 0.133. The zero-order valence-corrected chi connectivity index (χ0v) is 11.4. The van der Waals surface area contributed by atoms with E-state index in [1.807, 2.05) is 31.2 Å². The van der Waals surface area contributed by atoms with Crippen LogP contribution in [0.4, 0.5) is 5.69 Å². The summed E-state index contributed by atoms with van der Waals surface area (Å²) < 4.78 is 0. The molecule has 3 N–H and O–H groups in total. The van der Waals surface area contributed by atoms with Crippen LogP contribution in [0.25, 0.3) is 0 Å². The van der Waals surface area contributed by atoms with Gasteiger partial charge in [0, 0.05) is 16.3 Å². The Kier molecular flexibility index (Phi) is 4.12. The fourth-order valence-corrected chi connectivity index (χ4v) is 2.87. The number of carbonyl (C=O) groups is 1. The lowest BCUT2D eigenvalue weighted by Gasteiger charge is -2.08. The highest BCUT2D eigenvalue weighted by Crippen LogP contribution is 2.27. The summed E-state index contributed by atoms with van der Waals surface area (Å²) in [6.07, 6.45) is 0. The number of aromatic carboxylic acids is 1. The Balaban J connectivity index is 2.20. The van der Waals surface area contributed by atoms with Crippen molar-refractivity contribution in [3.05, 3.63) is 59.2 Å². The molecule has 4 heteroatoms. The zero-order valence-electron chi connectivity index (χ0n) is 10.6. The normalized spacial score (nSPS) is 10.4. The van der Waals surface area contributed by atoms with Crippen LogP contribution in [0.15, 0.2) is 47.4 Å². The maximum atomic E-state index is 11.2. The summed E-state index contributed by atoms with van der Waals surface area (Å²) in [6.45, 7) is 2.03. The van der Waals surface area contributed by atoms with Gasteiger partial charge >= 0.3 is 5.97 Å². The van der Waals surface area contributed by atoms with Gasteiger partial charge < -0.3 is 10.8 Å². The molecule has 2 aromatic carbocycles. The van der Waals surface area contributed by atoms with Crippen molar-refractivity contribution in [2.24, 2.45) is 0 Å². The molecule has 0 fully saturated rings. The number of aryl methyl sites for hydroxylation is 1. The van der Waals surface area contributed by atoms with Crippen molar-refractivity contribution in [2.45, 2.75) is 17.6 Å². The van der Waals surface area contributed by atoms with E-state index in [1.165, 1.54) is 5.56 Å². The van der Waals surface area contributed by atoms with E-state index in [2.05, 4.69) is 6.07 Å². The fourth-order valence-electron chi connectivity index (χ4n) is 1.87. The maximum absolute atomic E-state index is 11.2. The Labute approximate surface area is 116 Å². The van der Waals surface area contributed by atoms with E-state index >= 15 is 0 Å². The summed E-state index contributed by atoms with van der Waals surface area (Å²) >= 11 is 1.61. The van der Waals surface area contributed by atoms with Crippen LogP contribution in [0.2, 0.25) is 0 Å². The molecule has 0 spiro atoms. The van der Waals surface area contributed by atoms with Crippen molar-refractivity contribution >= 4 is 23.4 Å². The number of nitrogen functional groups attached to an aromatic ring is 1.